The molecule has 137 heavy (non-hydrogen) atoms. The minimum atomic E-state index is -3.27. The molecule has 0 heterocycles. The predicted octanol–water partition coefficient (Wildman–Crippen LogP) is 25.6. The van der Waals surface area contributed by atoms with E-state index in [-0.39, 0.29) is 11.6 Å². The van der Waals surface area contributed by atoms with Crippen molar-refractivity contribution in [3.63, 3.8) is 0 Å². The van der Waals surface area contributed by atoms with E-state index in [1.807, 2.05) is 160 Å². The number of hydrogen-bond acceptors (Lipinski definition) is 26. The van der Waals surface area contributed by atoms with Crippen molar-refractivity contribution in [1.82, 2.24) is 0 Å². The number of ether oxygens (including phenoxy) is 24. The maximum atomic E-state index is 12.8. The molecular formula is C104H130Br2Cl2F2IO25S-. The fourth-order valence-corrected chi connectivity index (χ4v) is 16.9. The van der Waals surface area contributed by atoms with Crippen molar-refractivity contribution in [2.45, 2.75) is 34.1 Å². The first-order valence-corrected chi connectivity index (χ1v) is 51.4. The molecule has 0 N–H and O–H groups in total. The Kier molecular flexibility index (Phi) is 62.4. The Hall–Kier alpha value is -12.1. The third-order valence-electron chi connectivity index (χ3n) is 18.1. The molecule has 0 saturated heterocycles. The van der Waals surface area contributed by atoms with Crippen LogP contribution in [0, 0.1) is 36.0 Å². The smallest absolute Gasteiger partial charge is 0.196 e. The van der Waals surface area contributed by atoms with Crippen molar-refractivity contribution in [3.05, 3.63) is 281 Å². The van der Waals surface area contributed by atoms with Gasteiger partial charge in [-0.1, -0.05) is 107 Å². The number of methoxy groups -OCH3 is 24. The van der Waals surface area contributed by atoms with Crippen LogP contribution in [0.4, 0.5) is 8.78 Å². The van der Waals surface area contributed by atoms with Gasteiger partial charge >= 0.3 is 101 Å². The van der Waals surface area contributed by atoms with Gasteiger partial charge in [0.15, 0.2) is 132 Å². The molecule has 0 radical (unpaired) electrons. The van der Waals surface area contributed by atoms with Crippen molar-refractivity contribution >= 4 is 91.1 Å². The number of aryl methyl sites for hydroxylation is 4. The van der Waals surface area contributed by atoms with Crippen LogP contribution in [0.15, 0.2) is 233 Å². The monoisotopic (exact) mass is 2200 g/mol. The molecule has 33 heteroatoms. The van der Waals surface area contributed by atoms with Crippen molar-refractivity contribution in [2.24, 2.45) is 0 Å². The molecule has 1 atom stereocenters. The van der Waals surface area contributed by atoms with Crippen LogP contribution in [0.3, 0.4) is 0 Å². The van der Waals surface area contributed by atoms with E-state index in [9.17, 15) is 11.8 Å². The molecule has 0 aromatic heterocycles. The van der Waals surface area contributed by atoms with Crippen LogP contribution in [0.5, 0.6) is 138 Å². The van der Waals surface area contributed by atoms with Gasteiger partial charge in [0, 0.05) is 21.6 Å². The second kappa shape index (κ2) is 69.6. The molecule has 0 amide bonds. The first-order valence-electron chi connectivity index (χ1n) is 40.8. The average Bonchev–Trinajstić information content (AvgIpc) is 0.807. The summed E-state index contributed by atoms with van der Waals surface area (Å²) < 4.78 is 161. The van der Waals surface area contributed by atoms with E-state index >= 15 is 0 Å². The van der Waals surface area contributed by atoms with Crippen molar-refractivity contribution in [3.8, 4) is 138 Å². The number of benzene rings is 12. The zero-order valence-electron chi connectivity index (χ0n) is 83.2. The summed E-state index contributed by atoms with van der Waals surface area (Å²) in [5, 5.41) is 1.20. The molecule has 12 rings (SSSR count). The number of hydrogen-bond donors (Lipinski definition) is 0. The van der Waals surface area contributed by atoms with Gasteiger partial charge in [-0.15, -0.1) is 0 Å². The summed E-state index contributed by atoms with van der Waals surface area (Å²) in [6, 6.07) is 66.8. The summed E-state index contributed by atoms with van der Waals surface area (Å²) in [6.07, 6.45) is 1.01. The molecule has 0 spiro atoms. The molecule has 0 fully saturated rings. The predicted molar refractivity (Wildman–Crippen MR) is 564 cm³/mol. The molecule has 752 valence electrons. The third kappa shape index (κ3) is 42.6. The van der Waals surface area contributed by atoms with Gasteiger partial charge in [-0.05, 0) is 199 Å². The minimum Gasteiger partial charge on any atom is -0.493 e. The average molecular weight is 2210 g/mol. The molecule has 0 aliphatic heterocycles. The summed E-state index contributed by atoms with van der Waals surface area (Å²) in [6.45, 7) is 8.13. The Bertz CT molecular complexity index is 5060. The van der Waals surface area contributed by atoms with Crippen molar-refractivity contribution in [2.75, 3.05) is 176 Å². The van der Waals surface area contributed by atoms with E-state index in [2.05, 4.69) is 50.5 Å². The van der Waals surface area contributed by atoms with Crippen LogP contribution in [-0.2, 0) is 16.7 Å². The number of rotatable bonds is 27. The summed E-state index contributed by atoms with van der Waals surface area (Å²) >= 11 is 14.9. The fraction of sp³-hybridized carbons (Fsp3) is 0.288. The zero-order valence-corrected chi connectivity index (χ0v) is 90.9. The van der Waals surface area contributed by atoms with E-state index in [0.717, 1.165) is 105 Å². The molecular weight excluding hydrogens is 2080 g/mol. The van der Waals surface area contributed by atoms with Crippen LogP contribution < -0.4 is 114 Å². The van der Waals surface area contributed by atoms with E-state index in [4.69, 9.17) is 137 Å². The first kappa shape index (κ1) is 123. The summed E-state index contributed by atoms with van der Waals surface area (Å²) in [5.41, 5.74) is 4.69. The van der Waals surface area contributed by atoms with E-state index in [0.29, 0.717) is 61.8 Å². The molecule has 0 saturated carbocycles. The SMILES string of the molecule is C=[S-](=C)I(C)(=O)c1ccc(OC)c(OC)c1.CCc1ccc(OC)c(OC)c1.COc1ccc(Br)cc1OC.COc1ccc(C)cc1OC.COc1ccc(C)cc1OC.COc1ccc(Cl)cc1OC.COc1ccc(F)cc1OC.COc1cccc(Br)c1OC.COc1cccc(C)c1OC.COc1cccc(Cl)c1OC.COc1cccc(F)c1OC.COc1ccccc1OC. The quantitative estimate of drug-likeness (QED) is 0.0201. The molecule has 25 nitrogen and oxygen atoms in total. The van der Waals surface area contributed by atoms with E-state index in [1.165, 1.54) is 69.4 Å². The van der Waals surface area contributed by atoms with Gasteiger partial charge in [-0.25, -0.2) is 8.78 Å². The van der Waals surface area contributed by atoms with Crippen LogP contribution in [0.1, 0.15) is 29.2 Å². The van der Waals surface area contributed by atoms with Gasteiger partial charge in [-0.2, -0.15) is 0 Å². The van der Waals surface area contributed by atoms with Gasteiger partial charge in [0.05, 0.1) is 166 Å². The maximum absolute atomic E-state index is 12.8. The second-order valence-corrected chi connectivity index (χ2v) is 43.0. The molecule has 1 unspecified atom stereocenters. The van der Waals surface area contributed by atoms with Crippen LogP contribution in [0.2, 0.25) is 10.0 Å². The van der Waals surface area contributed by atoms with Gasteiger partial charge in [0.25, 0.3) is 0 Å². The fourth-order valence-electron chi connectivity index (χ4n) is 10.9. The van der Waals surface area contributed by atoms with Crippen molar-refractivity contribution < 1.29 is 126 Å². The topological polar surface area (TPSA) is 239 Å². The first-order chi connectivity index (χ1) is 65.7. The number of halogens is 7. The molecule has 12 aromatic carbocycles. The van der Waals surface area contributed by atoms with Gasteiger partial charge in [0.2, 0.25) is 0 Å². The second-order valence-electron chi connectivity index (χ2n) is 26.5. The summed E-state index contributed by atoms with van der Waals surface area (Å²) in [4.78, 5) is 1.76. The normalized spacial score (nSPS) is 10.2. The number of para-hydroxylation sites is 6. The Balaban J connectivity index is 0.000000748. The zero-order chi connectivity index (χ0) is 103. The molecule has 12 aromatic rings. The van der Waals surface area contributed by atoms with E-state index in [1.54, 1.807) is 208 Å². The Morgan fingerprint density at radius 1 is 0.292 bits per heavy atom. The Labute approximate surface area is 838 Å². The van der Waals surface area contributed by atoms with Crippen LogP contribution in [0.25, 0.3) is 0 Å². The van der Waals surface area contributed by atoms with Crippen LogP contribution in [-0.4, -0.2) is 187 Å². The van der Waals surface area contributed by atoms with E-state index < -0.39 is 30.1 Å². The molecule has 0 aliphatic carbocycles. The molecule has 0 bridgehead atoms. The van der Waals surface area contributed by atoms with Gasteiger partial charge in [-0.3, -0.25) is 0 Å². The maximum Gasteiger partial charge on any atom is 0.196 e. The Morgan fingerprint density at radius 3 is 0.978 bits per heavy atom. The largest absolute Gasteiger partial charge is 0.493 e. The summed E-state index contributed by atoms with van der Waals surface area (Å²) in [5.74, 6) is 23.0. The molecule has 0 aliphatic rings. The van der Waals surface area contributed by atoms with Crippen LogP contribution >= 0.6 is 72.1 Å². The summed E-state index contributed by atoms with van der Waals surface area (Å²) in [7, 11) is 37.5. The Morgan fingerprint density at radius 2 is 0.599 bits per heavy atom. The number of alkyl halides is 1. The van der Waals surface area contributed by atoms with Gasteiger partial charge < -0.3 is 104 Å². The minimum absolute atomic E-state index is 0.148. The third-order valence-corrected chi connectivity index (χ3v) is 31.8. The van der Waals surface area contributed by atoms with Crippen molar-refractivity contribution in [1.29, 1.82) is 0 Å². The van der Waals surface area contributed by atoms with Gasteiger partial charge in [0.1, 0.15) is 5.82 Å². The standard InChI is InChI=1S/C11H16IO3S.C10H14O2.3C9H12O2.2C8H9BrO2.2C8H9ClO2.2C8H9FO2.C8H10O2/c1-12(13,16(4)5)9-6-7-10(14-2)11(8-9)15-3;1-4-8-5-6-9(11-2)10(7-8)12-3;2*1-7-4-5-8(10-2)9(6-7)11-3;1-7-5-4-6-8(10-2)9(7)11-3;1-10-7-4-3-6(9)5-8(7)11-2;1-10-7-5-3-4-6(9)8(7)11-2;1-10-7-4-3-6(9)5-8(7)11-2;1-10-7-5-3-4-6(9)8(7)11-2;1-10-7-4-3-6(9)5-8(7)11-2;1-10-7-5-3-4-6(9)8(7)11-2;1-9-7-5-3-4-6-8(7)10-2/h6-8H,4-5H2,1-3H3;5-7H,4H2,1-3H3;3*4-6H,1-3H3;6*3-5H,1-2H3;3-6H,1-2H3/q-1;;;;;;;;;;;.